The number of carbonyl (C=O) groups is 1. The summed E-state index contributed by atoms with van der Waals surface area (Å²) in [7, 11) is 1.62. The van der Waals surface area contributed by atoms with Crippen LogP contribution in [0.25, 0.3) is 0 Å². The highest BCUT2D eigenvalue weighted by Crippen LogP contribution is 2.16. The first-order valence-corrected chi connectivity index (χ1v) is 8.00. The Morgan fingerprint density at radius 3 is 2.62 bits per heavy atom. The second-order valence-corrected chi connectivity index (χ2v) is 5.81. The zero-order chi connectivity index (χ0) is 16.9. The van der Waals surface area contributed by atoms with Crippen LogP contribution in [0.3, 0.4) is 0 Å². The van der Waals surface area contributed by atoms with Gasteiger partial charge in [-0.05, 0) is 23.8 Å². The summed E-state index contributed by atoms with van der Waals surface area (Å²) < 4.78 is 5.20. The fraction of sp³-hybridized carbons (Fsp3) is 0.333. The summed E-state index contributed by atoms with van der Waals surface area (Å²) in [6.45, 7) is 2.88. The van der Waals surface area contributed by atoms with E-state index in [1.165, 1.54) is 6.07 Å². The predicted octanol–water partition coefficient (Wildman–Crippen LogP) is 1.27. The molecule has 6 heteroatoms. The number of hydrogen-bond donors (Lipinski definition) is 1. The van der Waals surface area contributed by atoms with Crippen molar-refractivity contribution in [2.24, 2.45) is 0 Å². The third-order valence-electron chi connectivity index (χ3n) is 4.25. The lowest BCUT2D eigenvalue weighted by Gasteiger charge is -2.36. The molecule has 1 saturated heterocycles. The lowest BCUT2D eigenvalue weighted by Crippen LogP contribution is -2.49. The molecule has 0 radical (unpaired) electrons. The van der Waals surface area contributed by atoms with E-state index >= 15 is 0 Å². The zero-order valence-electron chi connectivity index (χ0n) is 13.7. The zero-order valence-corrected chi connectivity index (χ0v) is 13.7. The second kappa shape index (κ2) is 7.21. The topological polar surface area (TPSA) is 65.6 Å². The van der Waals surface area contributed by atoms with E-state index in [1.807, 2.05) is 35.2 Å². The monoisotopic (exact) mass is 327 g/mol. The Bertz CT molecular complexity index is 744. The number of pyridine rings is 1. The molecule has 0 unspecified atom stereocenters. The fourth-order valence-electron chi connectivity index (χ4n) is 2.88. The van der Waals surface area contributed by atoms with Crippen molar-refractivity contribution in [2.45, 2.75) is 6.42 Å². The van der Waals surface area contributed by atoms with Gasteiger partial charge in [0.2, 0.25) is 11.5 Å². The van der Waals surface area contributed by atoms with E-state index in [0.717, 1.165) is 30.1 Å². The smallest absolute Gasteiger partial charge is 0.248 e. The molecule has 3 rings (SSSR count). The summed E-state index contributed by atoms with van der Waals surface area (Å²) in [6.07, 6.45) is 2.10. The normalized spacial score (nSPS) is 14.5. The Hall–Kier alpha value is -2.76. The highest BCUT2D eigenvalue weighted by atomic mass is 16.5. The minimum absolute atomic E-state index is 0.106. The molecule has 0 aliphatic carbocycles. The molecule has 1 N–H and O–H groups in total. The standard InChI is InChI=1S/C18H21N3O3/c1-24-16-4-2-3-14(11-16)12-18(23)21-9-7-20(8-10-21)15-5-6-17(22)19-13-15/h2-6,11,13H,7-10,12H2,1H3,(H,19,22). The van der Waals surface area contributed by atoms with Gasteiger partial charge < -0.3 is 19.5 Å². The van der Waals surface area contributed by atoms with E-state index in [4.69, 9.17) is 4.74 Å². The summed E-state index contributed by atoms with van der Waals surface area (Å²) in [4.78, 5) is 30.4. The minimum atomic E-state index is -0.106. The number of piperazine rings is 1. The number of hydrogen-bond acceptors (Lipinski definition) is 4. The molecule has 2 aromatic rings. The number of carbonyl (C=O) groups excluding carboxylic acids is 1. The number of amides is 1. The van der Waals surface area contributed by atoms with Gasteiger partial charge in [-0.2, -0.15) is 0 Å². The molecule has 0 atom stereocenters. The predicted molar refractivity (Wildman–Crippen MR) is 92.6 cm³/mol. The molecule has 1 amide bonds. The number of aromatic nitrogens is 1. The van der Waals surface area contributed by atoms with Crippen LogP contribution in [0.5, 0.6) is 5.75 Å². The summed E-state index contributed by atoms with van der Waals surface area (Å²) in [5.74, 6) is 0.896. The van der Waals surface area contributed by atoms with Gasteiger partial charge in [0.25, 0.3) is 0 Å². The van der Waals surface area contributed by atoms with Crippen molar-refractivity contribution in [3.05, 3.63) is 58.5 Å². The van der Waals surface area contributed by atoms with Gasteiger partial charge in [0.05, 0.1) is 19.2 Å². The third kappa shape index (κ3) is 3.76. The van der Waals surface area contributed by atoms with Gasteiger partial charge in [-0.3, -0.25) is 9.59 Å². The van der Waals surface area contributed by atoms with Crippen LogP contribution in [-0.2, 0) is 11.2 Å². The average molecular weight is 327 g/mol. The van der Waals surface area contributed by atoms with Gasteiger partial charge in [0.1, 0.15) is 5.75 Å². The number of nitrogens with zero attached hydrogens (tertiary/aromatic N) is 2. The molecule has 6 nitrogen and oxygen atoms in total. The molecule has 0 bridgehead atoms. The number of H-pyrrole nitrogens is 1. The van der Waals surface area contributed by atoms with Crippen molar-refractivity contribution < 1.29 is 9.53 Å². The Morgan fingerprint density at radius 2 is 1.96 bits per heavy atom. The Labute approximate surface area is 140 Å². The van der Waals surface area contributed by atoms with E-state index < -0.39 is 0 Å². The maximum absolute atomic E-state index is 12.5. The Kier molecular flexibility index (Phi) is 4.84. The van der Waals surface area contributed by atoms with Crippen LogP contribution in [-0.4, -0.2) is 49.1 Å². The molecular weight excluding hydrogens is 306 g/mol. The van der Waals surface area contributed by atoms with Crippen molar-refractivity contribution >= 4 is 11.6 Å². The van der Waals surface area contributed by atoms with E-state index in [0.29, 0.717) is 19.5 Å². The maximum atomic E-state index is 12.5. The number of rotatable bonds is 4. The van der Waals surface area contributed by atoms with Crippen LogP contribution in [0.15, 0.2) is 47.4 Å². The molecule has 1 aromatic heterocycles. The summed E-state index contributed by atoms with van der Waals surface area (Å²) in [6, 6.07) is 10.9. The molecule has 126 valence electrons. The number of nitrogens with one attached hydrogen (secondary N) is 1. The van der Waals surface area contributed by atoms with Crippen LogP contribution in [0.4, 0.5) is 5.69 Å². The fourth-order valence-corrected chi connectivity index (χ4v) is 2.88. The lowest BCUT2D eigenvalue weighted by atomic mass is 10.1. The first-order valence-electron chi connectivity index (χ1n) is 8.00. The van der Waals surface area contributed by atoms with Gasteiger partial charge in [-0.25, -0.2) is 0 Å². The van der Waals surface area contributed by atoms with Crippen LogP contribution in [0.2, 0.25) is 0 Å². The first kappa shape index (κ1) is 16.1. The SMILES string of the molecule is COc1cccc(CC(=O)N2CCN(c3ccc(=O)[nH]c3)CC2)c1. The molecule has 0 saturated carbocycles. The minimum Gasteiger partial charge on any atom is -0.497 e. The van der Waals surface area contributed by atoms with Gasteiger partial charge in [-0.1, -0.05) is 12.1 Å². The van der Waals surface area contributed by atoms with E-state index in [1.54, 1.807) is 13.3 Å². The van der Waals surface area contributed by atoms with E-state index in [-0.39, 0.29) is 11.5 Å². The summed E-state index contributed by atoms with van der Waals surface area (Å²) in [5.41, 5.74) is 1.84. The number of anilines is 1. The van der Waals surface area contributed by atoms with Gasteiger partial charge in [0, 0.05) is 38.4 Å². The van der Waals surface area contributed by atoms with Crippen molar-refractivity contribution in [1.82, 2.24) is 9.88 Å². The number of benzene rings is 1. The van der Waals surface area contributed by atoms with Crippen molar-refractivity contribution in [2.75, 3.05) is 38.2 Å². The lowest BCUT2D eigenvalue weighted by molar-refractivity contribution is -0.130. The molecule has 1 aromatic carbocycles. The Balaban J connectivity index is 1.56. The number of ether oxygens (including phenoxy) is 1. The molecule has 2 heterocycles. The third-order valence-corrected chi connectivity index (χ3v) is 4.25. The van der Waals surface area contributed by atoms with Gasteiger partial charge >= 0.3 is 0 Å². The largest absolute Gasteiger partial charge is 0.497 e. The summed E-state index contributed by atoms with van der Waals surface area (Å²) in [5, 5.41) is 0. The van der Waals surface area contributed by atoms with Crippen molar-refractivity contribution in [3.63, 3.8) is 0 Å². The molecule has 1 aliphatic rings. The maximum Gasteiger partial charge on any atom is 0.248 e. The molecule has 0 spiro atoms. The molecular formula is C18H21N3O3. The number of methoxy groups -OCH3 is 1. The summed E-state index contributed by atoms with van der Waals surface area (Å²) >= 11 is 0. The molecule has 1 fully saturated rings. The molecule has 24 heavy (non-hydrogen) atoms. The Morgan fingerprint density at radius 1 is 1.17 bits per heavy atom. The van der Waals surface area contributed by atoms with Crippen LogP contribution >= 0.6 is 0 Å². The van der Waals surface area contributed by atoms with Crippen LogP contribution < -0.4 is 15.2 Å². The van der Waals surface area contributed by atoms with E-state index in [9.17, 15) is 9.59 Å². The number of aromatic amines is 1. The first-order chi connectivity index (χ1) is 11.7. The van der Waals surface area contributed by atoms with Gasteiger partial charge in [-0.15, -0.1) is 0 Å². The van der Waals surface area contributed by atoms with Gasteiger partial charge in [0.15, 0.2) is 0 Å². The average Bonchev–Trinajstić information content (AvgIpc) is 2.62. The van der Waals surface area contributed by atoms with Crippen LogP contribution in [0, 0.1) is 0 Å². The highest BCUT2D eigenvalue weighted by Gasteiger charge is 2.21. The highest BCUT2D eigenvalue weighted by molar-refractivity contribution is 5.79. The van der Waals surface area contributed by atoms with E-state index in [2.05, 4.69) is 9.88 Å². The molecule has 1 aliphatic heterocycles. The van der Waals surface area contributed by atoms with Crippen molar-refractivity contribution in [3.8, 4) is 5.75 Å². The van der Waals surface area contributed by atoms with Crippen molar-refractivity contribution in [1.29, 1.82) is 0 Å². The van der Waals surface area contributed by atoms with Crippen LogP contribution in [0.1, 0.15) is 5.56 Å². The quantitative estimate of drug-likeness (QED) is 0.918. The second-order valence-electron chi connectivity index (χ2n) is 5.81.